The van der Waals surface area contributed by atoms with E-state index in [1.807, 2.05) is 0 Å². The van der Waals surface area contributed by atoms with Crippen LogP contribution in [0, 0.1) is 0 Å². The van der Waals surface area contributed by atoms with Gasteiger partial charge in [-0.15, -0.1) is 18.1 Å². The lowest BCUT2D eigenvalue weighted by atomic mass is 9.80. The van der Waals surface area contributed by atoms with Crippen molar-refractivity contribution in [2.75, 3.05) is 44.4 Å². The lowest BCUT2D eigenvalue weighted by Crippen LogP contribution is -2.62. The number of nitrogens with zero attached hydrogens (tertiary/aromatic N) is 6. The van der Waals surface area contributed by atoms with Crippen LogP contribution in [0.4, 0.5) is 5.95 Å². The van der Waals surface area contributed by atoms with E-state index in [2.05, 4.69) is 83.6 Å². The second kappa shape index (κ2) is 12.7. The normalized spacial score (nSPS) is 24.7. The molecule has 4 rings (SSSR count). The van der Waals surface area contributed by atoms with Gasteiger partial charge in [-0.05, 0) is 55.4 Å². The Bertz CT molecular complexity index is 979. The average Bonchev–Trinajstić information content (AvgIpc) is 2.86. The lowest BCUT2D eigenvalue weighted by Gasteiger charge is -2.53. The predicted octanol–water partition coefficient (Wildman–Crippen LogP) is 4.74. The first-order valence-corrected chi connectivity index (χ1v) is 15.2. The van der Waals surface area contributed by atoms with Crippen LogP contribution in [0.15, 0.2) is 25.3 Å². The molecule has 1 aromatic rings. The topological polar surface area (TPSA) is 94.5 Å². The van der Waals surface area contributed by atoms with Crippen LogP contribution in [0.1, 0.15) is 81.1 Å². The van der Waals surface area contributed by atoms with Gasteiger partial charge in [-0.3, -0.25) is 9.68 Å². The van der Waals surface area contributed by atoms with Crippen molar-refractivity contribution in [3.05, 3.63) is 25.3 Å². The van der Waals surface area contributed by atoms with Gasteiger partial charge >= 0.3 is 12.0 Å². The van der Waals surface area contributed by atoms with Gasteiger partial charge in [-0.25, -0.2) is 0 Å². The van der Waals surface area contributed by atoms with E-state index in [1.165, 1.54) is 0 Å². The Hall–Kier alpha value is -2.31. The number of rotatable bonds is 11. The van der Waals surface area contributed by atoms with E-state index >= 15 is 0 Å². The predicted molar refractivity (Wildman–Crippen MR) is 162 cm³/mol. The van der Waals surface area contributed by atoms with Crippen molar-refractivity contribution < 1.29 is 23.9 Å². The summed E-state index contributed by atoms with van der Waals surface area (Å²) < 4.78 is 18.7. The summed E-state index contributed by atoms with van der Waals surface area (Å²) in [5, 5.41) is 4.16. The zero-order valence-corrected chi connectivity index (χ0v) is 27.0. The molecule has 0 radical (unpaired) electrons. The molecule has 3 saturated heterocycles. The van der Waals surface area contributed by atoms with E-state index in [0.717, 1.165) is 25.7 Å². The minimum absolute atomic E-state index is 0.116. The van der Waals surface area contributed by atoms with E-state index in [0.29, 0.717) is 45.5 Å². The number of hydroxylamine groups is 4. The van der Waals surface area contributed by atoms with Crippen molar-refractivity contribution in [2.24, 2.45) is 0 Å². The largest absolute Gasteiger partial charge is 0.460 e. The number of anilines is 1. The van der Waals surface area contributed by atoms with Crippen molar-refractivity contribution in [3.63, 3.8) is 0 Å². The summed E-state index contributed by atoms with van der Waals surface area (Å²) in [5.41, 5.74) is -1.08. The van der Waals surface area contributed by atoms with Crippen LogP contribution in [-0.2, 0) is 14.4 Å². The van der Waals surface area contributed by atoms with E-state index in [-0.39, 0.29) is 46.4 Å². The zero-order chi connectivity index (χ0) is 30.8. The maximum Gasteiger partial charge on any atom is 0.324 e. The third-order valence-corrected chi connectivity index (χ3v) is 8.17. The van der Waals surface area contributed by atoms with E-state index in [1.54, 1.807) is 12.2 Å². The highest BCUT2D eigenvalue weighted by Crippen LogP contribution is 2.41. The highest BCUT2D eigenvalue weighted by Gasteiger charge is 2.49. The molecule has 0 aliphatic carbocycles. The monoisotopic (exact) mass is 588 g/mol. The summed E-state index contributed by atoms with van der Waals surface area (Å²) in [5.74, 6) is 0.550. The van der Waals surface area contributed by atoms with Crippen molar-refractivity contribution in [1.29, 1.82) is 0 Å². The summed E-state index contributed by atoms with van der Waals surface area (Å²) >= 11 is 0. The molecule has 0 aromatic carbocycles. The molecule has 236 valence electrons. The zero-order valence-electron chi connectivity index (χ0n) is 27.0. The molecule has 0 saturated carbocycles. The highest BCUT2D eigenvalue weighted by atomic mass is 16.7. The molecular weight excluding hydrogens is 536 g/mol. The van der Waals surface area contributed by atoms with Crippen molar-refractivity contribution >= 4 is 5.95 Å². The molecule has 42 heavy (non-hydrogen) atoms. The number of morpholine rings is 1. The Labute approximate surface area is 252 Å². The molecule has 0 N–H and O–H groups in total. The van der Waals surface area contributed by atoms with Crippen molar-refractivity contribution in [3.8, 4) is 12.0 Å². The summed E-state index contributed by atoms with van der Waals surface area (Å²) in [7, 11) is 0. The minimum Gasteiger partial charge on any atom is -0.460 e. The minimum atomic E-state index is -0.270. The van der Waals surface area contributed by atoms with Gasteiger partial charge in [0.2, 0.25) is 5.95 Å². The first-order chi connectivity index (χ1) is 19.7. The van der Waals surface area contributed by atoms with Gasteiger partial charge in [0, 0.05) is 60.9 Å². The fourth-order valence-electron chi connectivity index (χ4n) is 7.10. The average molecular weight is 589 g/mol. The highest BCUT2D eigenvalue weighted by molar-refractivity contribution is 5.33. The Morgan fingerprint density at radius 2 is 1.07 bits per heavy atom. The molecule has 0 atom stereocenters. The van der Waals surface area contributed by atoms with Gasteiger partial charge in [0.25, 0.3) is 0 Å². The quantitative estimate of drug-likeness (QED) is 0.335. The van der Waals surface area contributed by atoms with Gasteiger partial charge in [0.05, 0.1) is 26.4 Å². The summed E-state index contributed by atoms with van der Waals surface area (Å²) in [4.78, 5) is 28.5. The van der Waals surface area contributed by atoms with Gasteiger partial charge in [-0.2, -0.15) is 20.1 Å². The summed E-state index contributed by atoms with van der Waals surface area (Å²) in [6.45, 7) is 28.5. The fourth-order valence-corrected chi connectivity index (χ4v) is 7.10. The second-order valence-corrected chi connectivity index (χ2v) is 14.1. The van der Waals surface area contributed by atoms with Crippen LogP contribution in [0.3, 0.4) is 0 Å². The number of hydrogen-bond donors (Lipinski definition) is 0. The molecule has 0 spiro atoms. The Balaban J connectivity index is 1.57. The molecule has 0 unspecified atom stereocenters. The first-order valence-electron chi connectivity index (χ1n) is 15.2. The Kier molecular flexibility index (Phi) is 9.89. The lowest BCUT2D eigenvalue weighted by molar-refractivity contribution is -0.285. The SMILES string of the molecule is C=CCON1C(C)(C)CC(Oc2nc(OC3CC(C)(C)N(OCC=C)C(C)(C)C3)nc(N3CCOCC3)n2)CC1(C)C. The maximum absolute atomic E-state index is 6.54. The molecule has 4 heterocycles. The second-order valence-electron chi connectivity index (χ2n) is 14.1. The molecule has 1 aromatic heterocycles. The Morgan fingerprint density at radius 1 is 0.690 bits per heavy atom. The van der Waals surface area contributed by atoms with Gasteiger partial charge in [0.1, 0.15) is 12.2 Å². The van der Waals surface area contributed by atoms with Crippen molar-refractivity contribution in [2.45, 2.75) is 115 Å². The van der Waals surface area contributed by atoms with E-state index < -0.39 is 0 Å². The first kappa shape index (κ1) is 32.6. The van der Waals surface area contributed by atoms with E-state index in [9.17, 15) is 0 Å². The summed E-state index contributed by atoms with van der Waals surface area (Å²) in [6, 6.07) is 0.563. The molecule has 3 aliphatic heterocycles. The molecule has 0 bridgehead atoms. The molecule has 3 aliphatic rings. The van der Waals surface area contributed by atoms with Crippen LogP contribution in [0.25, 0.3) is 0 Å². The van der Waals surface area contributed by atoms with Crippen LogP contribution in [-0.4, -0.2) is 99.0 Å². The van der Waals surface area contributed by atoms with Crippen LogP contribution >= 0.6 is 0 Å². The fraction of sp³-hybridized carbons (Fsp3) is 0.774. The number of aromatic nitrogens is 3. The molecule has 3 fully saturated rings. The van der Waals surface area contributed by atoms with Crippen LogP contribution in [0.5, 0.6) is 12.0 Å². The Morgan fingerprint density at radius 3 is 1.43 bits per heavy atom. The standard InChI is InChI=1S/C31H52N6O5/c1-11-15-39-36-28(3,4)19-23(20-29(36,5)6)41-26-32-25(35-13-17-38-18-14-35)33-27(34-26)42-24-21-30(7,8)37(40-16-12-2)31(9,10)22-24/h11-12,23-24H,1-2,13-22H2,3-10H3. The number of ether oxygens (including phenoxy) is 3. The third-order valence-electron chi connectivity index (χ3n) is 8.17. The number of hydrogen-bond acceptors (Lipinski definition) is 11. The molecule has 11 nitrogen and oxygen atoms in total. The summed E-state index contributed by atoms with van der Waals surface area (Å²) in [6.07, 6.45) is 6.29. The van der Waals surface area contributed by atoms with Crippen LogP contribution < -0.4 is 14.4 Å². The maximum atomic E-state index is 6.54. The van der Waals surface area contributed by atoms with Crippen LogP contribution in [0.2, 0.25) is 0 Å². The molecular formula is C31H52N6O5. The smallest absolute Gasteiger partial charge is 0.324 e. The van der Waals surface area contributed by atoms with E-state index in [4.69, 9.17) is 38.8 Å². The van der Waals surface area contributed by atoms with Crippen molar-refractivity contribution in [1.82, 2.24) is 25.1 Å². The van der Waals surface area contributed by atoms with Gasteiger partial charge in [0.15, 0.2) is 0 Å². The third kappa shape index (κ3) is 7.60. The number of piperidine rings is 2. The molecule has 11 heteroatoms. The molecule has 0 amide bonds. The van der Waals surface area contributed by atoms with Gasteiger partial charge in [-0.1, -0.05) is 12.2 Å². The van der Waals surface area contributed by atoms with Gasteiger partial charge < -0.3 is 19.1 Å².